The van der Waals surface area contributed by atoms with Crippen LogP contribution in [0.15, 0.2) is 42.1 Å². The van der Waals surface area contributed by atoms with Crippen molar-refractivity contribution in [2.45, 2.75) is 33.6 Å². The summed E-state index contributed by atoms with van der Waals surface area (Å²) in [5.74, 6) is -2.72. The Bertz CT molecular complexity index is 1080. The summed E-state index contributed by atoms with van der Waals surface area (Å²) in [7, 11) is 0. The molecule has 0 radical (unpaired) electrons. The molecule has 0 N–H and O–H groups in total. The number of rotatable bonds is 3. The summed E-state index contributed by atoms with van der Waals surface area (Å²) in [5.41, 5.74) is 3.35. The normalized spacial score (nSPS) is 19.8. The average molecular weight is 410 g/mol. The van der Waals surface area contributed by atoms with Gasteiger partial charge in [-0.15, -0.1) is 0 Å². The fourth-order valence-corrected chi connectivity index (χ4v) is 4.40. The van der Waals surface area contributed by atoms with E-state index < -0.39 is 23.4 Å². The molecular formula is C24H24F2N2O2. The maximum absolute atomic E-state index is 13.9. The number of nitrogens with zero attached hydrogens (tertiary/aromatic N) is 2. The molecule has 2 aliphatic rings. The van der Waals surface area contributed by atoms with E-state index in [2.05, 4.69) is 6.92 Å². The van der Waals surface area contributed by atoms with Crippen molar-refractivity contribution >= 4 is 23.1 Å². The molecule has 0 aromatic heterocycles. The number of piperidine rings is 1. The van der Waals surface area contributed by atoms with Gasteiger partial charge in [-0.3, -0.25) is 9.59 Å². The van der Waals surface area contributed by atoms with Gasteiger partial charge in [-0.25, -0.2) is 13.7 Å². The highest BCUT2D eigenvalue weighted by atomic mass is 19.2. The second-order valence-corrected chi connectivity index (χ2v) is 8.28. The molecule has 1 atom stereocenters. The number of hydrogen-bond donors (Lipinski definition) is 0. The van der Waals surface area contributed by atoms with Crippen molar-refractivity contribution < 1.29 is 18.4 Å². The van der Waals surface area contributed by atoms with Crippen LogP contribution in [-0.4, -0.2) is 29.8 Å². The quantitative estimate of drug-likeness (QED) is 0.695. The van der Waals surface area contributed by atoms with E-state index in [1.165, 1.54) is 6.07 Å². The average Bonchev–Trinajstić information content (AvgIpc) is 2.94. The number of anilines is 1. The smallest absolute Gasteiger partial charge is 0.282 e. The lowest BCUT2D eigenvalue weighted by Crippen LogP contribution is -2.39. The molecule has 2 heterocycles. The highest BCUT2D eigenvalue weighted by Crippen LogP contribution is 2.37. The molecule has 2 aromatic rings. The first-order chi connectivity index (χ1) is 14.3. The zero-order valence-corrected chi connectivity index (χ0v) is 17.3. The van der Waals surface area contributed by atoms with Crippen molar-refractivity contribution in [1.82, 2.24) is 4.90 Å². The van der Waals surface area contributed by atoms with Gasteiger partial charge in [0.15, 0.2) is 11.6 Å². The number of likely N-dealkylation sites (tertiary alicyclic amines) is 1. The number of amides is 2. The number of benzene rings is 2. The third-order valence-electron chi connectivity index (χ3n) is 5.85. The van der Waals surface area contributed by atoms with Crippen molar-refractivity contribution in [3.63, 3.8) is 0 Å². The third-order valence-corrected chi connectivity index (χ3v) is 5.85. The Labute approximate surface area is 174 Å². The lowest BCUT2D eigenvalue weighted by molar-refractivity contribution is -0.120. The SMILES string of the molecule is Cc1ccc(C2=C(N3CCCC(C)C3)C(=O)N(c3ccc(F)c(F)c3)C2=O)c(C)c1. The van der Waals surface area contributed by atoms with Gasteiger partial charge in [0, 0.05) is 19.2 Å². The number of imide groups is 1. The summed E-state index contributed by atoms with van der Waals surface area (Å²) in [6, 6.07) is 8.82. The summed E-state index contributed by atoms with van der Waals surface area (Å²) < 4.78 is 27.3. The maximum atomic E-state index is 13.9. The summed E-state index contributed by atoms with van der Waals surface area (Å²) in [6.07, 6.45) is 2.00. The van der Waals surface area contributed by atoms with Crippen LogP contribution in [0.3, 0.4) is 0 Å². The van der Waals surface area contributed by atoms with Crippen LogP contribution in [0.1, 0.15) is 36.5 Å². The van der Waals surface area contributed by atoms with E-state index in [-0.39, 0.29) is 5.69 Å². The Kier molecular flexibility index (Phi) is 5.18. The van der Waals surface area contributed by atoms with E-state index in [1.54, 1.807) is 0 Å². The molecule has 4 nitrogen and oxygen atoms in total. The van der Waals surface area contributed by atoms with Gasteiger partial charge in [-0.05, 0) is 55.9 Å². The molecule has 156 valence electrons. The first-order valence-corrected chi connectivity index (χ1v) is 10.2. The van der Waals surface area contributed by atoms with Crippen molar-refractivity contribution in [2.24, 2.45) is 5.92 Å². The molecule has 0 bridgehead atoms. The lowest BCUT2D eigenvalue weighted by Gasteiger charge is -2.33. The Balaban J connectivity index is 1.87. The van der Waals surface area contributed by atoms with E-state index in [0.29, 0.717) is 35.8 Å². The fourth-order valence-electron chi connectivity index (χ4n) is 4.40. The topological polar surface area (TPSA) is 40.6 Å². The summed E-state index contributed by atoms with van der Waals surface area (Å²) in [5, 5.41) is 0. The Hall–Kier alpha value is -3.02. The first-order valence-electron chi connectivity index (χ1n) is 10.2. The van der Waals surface area contributed by atoms with Gasteiger partial charge < -0.3 is 4.90 Å². The summed E-state index contributed by atoms with van der Waals surface area (Å²) in [6.45, 7) is 7.35. The van der Waals surface area contributed by atoms with Crippen molar-refractivity contribution in [3.8, 4) is 0 Å². The molecule has 6 heteroatoms. The minimum Gasteiger partial charge on any atom is -0.366 e. The van der Waals surface area contributed by atoms with Crippen LogP contribution in [0.4, 0.5) is 14.5 Å². The van der Waals surface area contributed by atoms with E-state index in [4.69, 9.17) is 0 Å². The summed E-state index contributed by atoms with van der Waals surface area (Å²) >= 11 is 0. The van der Waals surface area contributed by atoms with Crippen molar-refractivity contribution in [2.75, 3.05) is 18.0 Å². The molecule has 0 aliphatic carbocycles. The maximum Gasteiger partial charge on any atom is 0.282 e. The Morgan fingerprint density at radius 3 is 2.40 bits per heavy atom. The van der Waals surface area contributed by atoms with Crippen LogP contribution in [-0.2, 0) is 9.59 Å². The molecule has 1 saturated heterocycles. The van der Waals surface area contributed by atoms with E-state index in [0.717, 1.165) is 41.0 Å². The minimum absolute atomic E-state index is 0.0335. The number of carbonyl (C=O) groups is 2. The zero-order valence-electron chi connectivity index (χ0n) is 17.3. The van der Waals surface area contributed by atoms with Crippen LogP contribution in [0.2, 0.25) is 0 Å². The predicted octanol–water partition coefficient (Wildman–Crippen LogP) is 4.60. The second-order valence-electron chi connectivity index (χ2n) is 8.28. The van der Waals surface area contributed by atoms with Crippen molar-refractivity contribution in [3.05, 3.63) is 70.4 Å². The molecule has 1 fully saturated rings. The highest BCUT2D eigenvalue weighted by Gasteiger charge is 2.43. The lowest BCUT2D eigenvalue weighted by atomic mass is 9.95. The monoisotopic (exact) mass is 410 g/mol. The minimum atomic E-state index is -1.10. The van der Waals surface area contributed by atoms with Crippen LogP contribution >= 0.6 is 0 Å². The van der Waals surface area contributed by atoms with Gasteiger partial charge >= 0.3 is 0 Å². The van der Waals surface area contributed by atoms with E-state index in [1.807, 2.05) is 36.9 Å². The van der Waals surface area contributed by atoms with Crippen molar-refractivity contribution in [1.29, 1.82) is 0 Å². The van der Waals surface area contributed by atoms with Gasteiger partial charge in [-0.2, -0.15) is 0 Å². The van der Waals surface area contributed by atoms with E-state index in [9.17, 15) is 18.4 Å². The summed E-state index contributed by atoms with van der Waals surface area (Å²) in [4.78, 5) is 29.9. The second kappa shape index (κ2) is 7.67. The standard InChI is InChI=1S/C24H24F2N2O2/c1-14-6-8-18(16(3)11-14)21-22(27-10-4-5-15(2)13-27)24(30)28(23(21)29)17-7-9-19(25)20(26)12-17/h6-9,11-12,15H,4-5,10,13H2,1-3H3. The van der Waals surface area contributed by atoms with Crippen LogP contribution in [0, 0.1) is 31.4 Å². The van der Waals surface area contributed by atoms with Crippen LogP contribution < -0.4 is 4.90 Å². The fraction of sp³-hybridized carbons (Fsp3) is 0.333. The molecule has 2 aliphatic heterocycles. The third kappa shape index (κ3) is 3.40. The van der Waals surface area contributed by atoms with Gasteiger partial charge in [0.05, 0.1) is 11.3 Å². The molecule has 2 amide bonds. The molecule has 4 rings (SSSR count). The predicted molar refractivity (Wildman–Crippen MR) is 112 cm³/mol. The molecule has 1 unspecified atom stereocenters. The van der Waals surface area contributed by atoms with Gasteiger partial charge in [-0.1, -0.05) is 30.7 Å². The first kappa shape index (κ1) is 20.3. The van der Waals surface area contributed by atoms with Crippen LogP contribution in [0.25, 0.3) is 5.57 Å². The van der Waals surface area contributed by atoms with Gasteiger partial charge in [0.2, 0.25) is 0 Å². The number of aryl methyl sites for hydroxylation is 2. The molecular weight excluding hydrogens is 386 g/mol. The molecule has 2 aromatic carbocycles. The van der Waals surface area contributed by atoms with E-state index >= 15 is 0 Å². The highest BCUT2D eigenvalue weighted by molar-refractivity contribution is 6.45. The Morgan fingerprint density at radius 2 is 1.73 bits per heavy atom. The zero-order chi connectivity index (χ0) is 21.6. The van der Waals surface area contributed by atoms with Crippen LogP contribution in [0.5, 0.6) is 0 Å². The number of halogens is 2. The number of carbonyl (C=O) groups excluding carboxylic acids is 2. The molecule has 0 saturated carbocycles. The van der Waals surface area contributed by atoms with Gasteiger partial charge in [0.25, 0.3) is 11.8 Å². The molecule has 0 spiro atoms. The van der Waals surface area contributed by atoms with Gasteiger partial charge in [0.1, 0.15) is 5.70 Å². The Morgan fingerprint density at radius 1 is 0.967 bits per heavy atom. The largest absolute Gasteiger partial charge is 0.366 e. The number of hydrogen-bond acceptors (Lipinski definition) is 3. The molecule has 30 heavy (non-hydrogen) atoms.